The Bertz CT molecular complexity index is 414. The number of rotatable bonds is 3. The van der Waals surface area contributed by atoms with Gasteiger partial charge in [-0.1, -0.05) is 24.3 Å². The molecule has 1 N–H and O–H groups in total. The number of carboxylic acids is 1. The summed E-state index contributed by atoms with van der Waals surface area (Å²) in [4.78, 5) is 23.7. The van der Waals surface area contributed by atoms with E-state index in [2.05, 4.69) is 0 Å². The number of amides is 1. The van der Waals surface area contributed by atoms with Crippen molar-refractivity contribution in [3.05, 3.63) is 35.4 Å². The Hall–Kier alpha value is -1.84. The highest BCUT2D eigenvalue weighted by molar-refractivity contribution is 5.83. The number of aliphatic carboxylic acids is 1. The molecule has 86 valence electrons. The largest absolute Gasteiger partial charge is 0.479 e. The van der Waals surface area contributed by atoms with E-state index in [9.17, 15) is 14.7 Å². The van der Waals surface area contributed by atoms with Gasteiger partial charge in [-0.15, -0.1) is 0 Å². The molecule has 0 saturated heterocycles. The molecule has 1 aromatic carbocycles. The van der Waals surface area contributed by atoms with E-state index in [1.54, 1.807) is 12.1 Å². The van der Waals surface area contributed by atoms with Crippen molar-refractivity contribution >= 4 is 11.9 Å². The number of benzene rings is 1. The number of carbonyl (C=O) groups excluding carboxylic acids is 1. The van der Waals surface area contributed by atoms with Crippen molar-refractivity contribution in [1.82, 2.24) is 4.90 Å². The average Bonchev–Trinajstić information content (AvgIpc) is 2.20. The van der Waals surface area contributed by atoms with E-state index in [4.69, 9.17) is 0 Å². The van der Waals surface area contributed by atoms with E-state index >= 15 is 0 Å². The third-order valence-corrected chi connectivity index (χ3v) is 2.60. The maximum atomic E-state index is 11.2. The Morgan fingerprint density at radius 1 is 1.31 bits per heavy atom. The van der Waals surface area contributed by atoms with Gasteiger partial charge in [0.05, 0.1) is 0 Å². The third-order valence-electron chi connectivity index (χ3n) is 2.60. The lowest BCUT2D eigenvalue weighted by Gasteiger charge is -2.25. The number of likely N-dealkylation sites (N-methyl/N-ethyl adjacent to an activating group) is 1. The van der Waals surface area contributed by atoms with Crippen LogP contribution in [0.5, 0.6) is 0 Å². The monoisotopic (exact) mass is 221 g/mol. The molecule has 0 aromatic heterocycles. The quantitative estimate of drug-likeness (QED) is 0.843. The highest BCUT2D eigenvalue weighted by Gasteiger charge is 2.27. The molecule has 0 radical (unpaired) electrons. The van der Waals surface area contributed by atoms with Crippen molar-refractivity contribution in [3.63, 3.8) is 0 Å². The minimum atomic E-state index is -1.02. The van der Waals surface area contributed by atoms with Crippen LogP contribution in [0.1, 0.15) is 24.1 Å². The van der Waals surface area contributed by atoms with Crippen LogP contribution in [0.25, 0.3) is 0 Å². The van der Waals surface area contributed by atoms with Crippen LogP contribution >= 0.6 is 0 Å². The number of carbonyl (C=O) groups is 2. The standard InChI is InChI=1S/C12H15NO3/c1-8-6-4-5-7-10(8)11(12(15)16)13(3)9(2)14/h4-7,11H,1-3H3,(H,15,16). The van der Waals surface area contributed by atoms with Gasteiger partial charge in [-0.25, -0.2) is 4.79 Å². The maximum absolute atomic E-state index is 11.2. The second-order valence-electron chi connectivity index (χ2n) is 3.73. The first kappa shape index (κ1) is 12.2. The molecule has 4 heteroatoms. The molecule has 0 saturated carbocycles. The number of hydrogen-bond donors (Lipinski definition) is 1. The van der Waals surface area contributed by atoms with Crippen molar-refractivity contribution < 1.29 is 14.7 Å². The van der Waals surface area contributed by atoms with Crippen molar-refractivity contribution in [3.8, 4) is 0 Å². The van der Waals surface area contributed by atoms with E-state index < -0.39 is 12.0 Å². The number of hydrogen-bond acceptors (Lipinski definition) is 2. The summed E-state index contributed by atoms with van der Waals surface area (Å²) < 4.78 is 0. The molecule has 1 atom stereocenters. The van der Waals surface area contributed by atoms with Gasteiger partial charge in [0.25, 0.3) is 0 Å². The molecule has 0 spiro atoms. The van der Waals surface area contributed by atoms with Gasteiger partial charge in [0.2, 0.25) is 5.91 Å². The zero-order chi connectivity index (χ0) is 12.3. The number of aryl methyl sites for hydroxylation is 1. The molecule has 1 aromatic rings. The van der Waals surface area contributed by atoms with Crippen LogP contribution in [0.4, 0.5) is 0 Å². The summed E-state index contributed by atoms with van der Waals surface area (Å²) in [6.45, 7) is 3.19. The lowest BCUT2D eigenvalue weighted by molar-refractivity contribution is -0.148. The van der Waals surface area contributed by atoms with Crippen LogP contribution in [0.2, 0.25) is 0 Å². The summed E-state index contributed by atoms with van der Waals surface area (Å²) >= 11 is 0. The first-order chi connectivity index (χ1) is 7.45. The van der Waals surface area contributed by atoms with Crippen molar-refractivity contribution in [2.24, 2.45) is 0 Å². The molecule has 1 amide bonds. The van der Waals surface area contributed by atoms with E-state index in [-0.39, 0.29) is 5.91 Å². The van der Waals surface area contributed by atoms with Crippen LogP contribution in [0.3, 0.4) is 0 Å². The summed E-state index contributed by atoms with van der Waals surface area (Å²) in [5, 5.41) is 9.18. The number of nitrogens with zero attached hydrogens (tertiary/aromatic N) is 1. The molecule has 0 aliphatic rings. The first-order valence-electron chi connectivity index (χ1n) is 4.97. The topological polar surface area (TPSA) is 57.6 Å². The van der Waals surface area contributed by atoms with Gasteiger partial charge in [-0.3, -0.25) is 4.79 Å². The van der Waals surface area contributed by atoms with Crippen LogP contribution in [0.15, 0.2) is 24.3 Å². The van der Waals surface area contributed by atoms with E-state index in [1.165, 1.54) is 18.9 Å². The minimum Gasteiger partial charge on any atom is -0.479 e. The summed E-state index contributed by atoms with van der Waals surface area (Å²) in [7, 11) is 1.49. The fourth-order valence-corrected chi connectivity index (χ4v) is 1.58. The van der Waals surface area contributed by atoms with Crippen molar-refractivity contribution in [2.75, 3.05) is 7.05 Å². The fourth-order valence-electron chi connectivity index (χ4n) is 1.58. The highest BCUT2D eigenvalue weighted by atomic mass is 16.4. The second-order valence-corrected chi connectivity index (χ2v) is 3.73. The molecule has 1 unspecified atom stereocenters. The summed E-state index contributed by atoms with van der Waals surface area (Å²) in [6, 6.07) is 6.25. The summed E-state index contributed by atoms with van der Waals surface area (Å²) in [6.07, 6.45) is 0. The molecular formula is C12H15NO3. The Morgan fingerprint density at radius 2 is 1.88 bits per heavy atom. The van der Waals surface area contributed by atoms with Crippen molar-refractivity contribution in [2.45, 2.75) is 19.9 Å². The minimum absolute atomic E-state index is 0.268. The van der Waals surface area contributed by atoms with Gasteiger partial charge in [0.1, 0.15) is 0 Å². The summed E-state index contributed by atoms with van der Waals surface area (Å²) in [5.41, 5.74) is 1.51. The second kappa shape index (κ2) is 4.79. The van der Waals surface area contributed by atoms with Gasteiger partial charge >= 0.3 is 5.97 Å². The predicted octanol–water partition coefficient (Wildman–Crippen LogP) is 1.60. The fraction of sp³-hybridized carbons (Fsp3) is 0.333. The van der Waals surface area contributed by atoms with Gasteiger partial charge in [-0.2, -0.15) is 0 Å². The smallest absolute Gasteiger partial charge is 0.331 e. The zero-order valence-corrected chi connectivity index (χ0v) is 9.60. The SMILES string of the molecule is CC(=O)N(C)C(C(=O)O)c1ccccc1C. The molecule has 0 aliphatic heterocycles. The Morgan fingerprint density at radius 3 is 2.31 bits per heavy atom. The maximum Gasteiger partial charge on any atom is 0.331 e. The number of carboxylic acid groups (broad SMARTS) is 1. The lowest BCUT2D eigenvalue weighted by Crippen LogP contribution is -2.34. The molecule has 0 heterocycles. The van der Waals surface area contributed by atoms with Gasteiger partial charge in [0.15, 0.2) is 6.04 Å². The van der Waals surface area contributed by atoms with Crippen LogP contribution in [0, 0.1) is 6.92 Å². The Kier molecular flexibility index (Phi) is 3.66. The molecule has 0 aliphatic carbocycles. The molecule has 0 fully saturated rings. The van der Waals surface area contributed by atoms with Gasteiger partial charge in [-0.05, 0) is 18.1 Å². The Balaban J connectivity index is 3.18. The van der Waals surface area contributed by atoms with E-state index in [0.29, 0.717) is 5.56 Å². The van der Waals surface area contributed by atoms with Crippen LogP contribution < -0.4 is 0 Å². The normalized spacial score (nSPS) is 11.9. The van der Waals surface area contributed by atoms with E-state index in [1.807, 2.05) is 19.1 Å². The average molecular weight is 221 g/mol. The molecule has 1 rings (SSSR count). The lowest BCUT2D eigenvalue weighted by atomic mass is 10.0. The molecule has 4 nitrogen and oxygen atoms in total. The van der Waals surface area contributed by atoms with Crippen LogP contribution in [-0.2, 0) is 9.59 Å². The highest BCUT2D eigenvalue weighted by Crippen LogP contribution is 2.22. The summed E-state index contributed by atoms with van der Waals surface area (Å²) in [5.74, 6) is -1.29. The first-order valence-corrected chi connectivity index (χ1v) is 4.97. The van der Waals surface area contributed by atoms with E-state index in [0.717, 1.165) is 5.56 Å². The van der Waals surface area contributed by atoms with Crippen molar-refractivity contribution in [1.29, 1.82) is 0 Å². The molecular weight excluding hydrogens is 206 g/mol. The molecule has 0 bridgehead atoms. The van der Waals surface area contributed by atoms with Gasteiger partial charge in [0, 0.05) is 14.0 Å². The predicted molar refractivity (Wildman–Crippen MR) is 60.0 cm³/mol. The third kappa shape index (κ3) is 2.39. The molecule has 16 heavy (non-hydrogen) atoms. The Labute approximate surface area is 94.5 Å². The van der Waals surface area contributed by atoms with Gasteiger partial charge < -0.3 is 10.0 Å². The zero-order valence-electron chi connectivity index (χ0n) is 9.60. The van der Waals surface area contributed by atoms with Crippen LogP contribution in [-0.4, -0.2) is 28.9 Å².